The summed E-state index contributed by atoms with van der Waals surface area (Å²) in [5.41, 5.74) is 7.45. The predicted octanol–water partition coefficient (Wildman–Crippen LogP) is 3.56. The quantitative estimate of drug-likeness (QED) is 0.797. The second-order valence-electron chi connectivity index (χ2n) is 3.96. The number of nitrogens with two attached hydrogens (primary N) is 1. The summed E-state index contributed by atoms with van der Waals surface area (Å²) in [6, 6.07) is 8.61. The topological polar surface area (TPSA) is 26.0 Å². The van der Waals surface area contributed by atoms with Crippen molar-refractivity contribution < 1.29 is 0 Å². The van der Waals surface area contributed by atoms with Crippen LogP contribution in [0, 0.1) is 5.92 Å². The number of hydrogen-bond acceptors (Lipinski definition) is 2. The largest absolute Gasteiger partial charge is 0.324 e. The number of benzene rings is 1. The van der Waals surface area contributed by atoms with E-state index in [0.717, 1.165) is 0 Å². The van der Waals surface area contributed by atoms with Crippen molar-refractivity contribution in [3.63, 3.8) is 0 Å². The Bertz CT molecular complexity index is 431. The van der Waals surface area contributed by atoms with Crippen LogP contribution < -0.4 is 5.73 Å². The van der Waals surface area contributed by atoms with E-state index < -0.39 is 0 Å². The van der Waals surface area contributed by atoms with Gasteiger partial charge in [0.1, 0.15) is 0 Å². The van der Waals surface area contributed by atoms with Crippen molar-refractivity contribution in [3.8, 4) is 0 Å². The highest BCUT2D eigenvalue weighted by molar-refractivity contribution is 7.17. The second-order valence-corrected chi connectivity index (χ2v) is 4.87. The first-order valence-electron chi connectivity index (χ1n) is 4.92. The Hall–Kier alpha value is -0.860. The van der Waals surface area contributed by atoms with Crippen LogP contribution in [0.3, 0.4) is 0 Å². The van der Waals surface area contributed by atoms with Crippen LogP contribution >= 0.6 is 11.3 Å². The van der Waals surface area contributed by atoms with Gasteiger partial charge in [0.2, 0.25) is 0 Å². The van der Waals surface area contributed by atoms with E-state index in [4.69, 9.17) is 5.73 Å². The molecular formula is C12H15NS. The first-order chi connectivity index (χ1) is 6.70. The lowest BCUT2D eigenvalue weighted by atomic mass is 9.97. The van der Waals surface area contributed by atoms with Crippen LogP contribution in [0.1, 0.15) is 25.5 Å². The highest BCUT2D eigenvalue weighted by Gasteiger charge is 2.14. The van der Waals surface area contributed by atoms with Gasteiger partial charge in [-0.3, -0.25) is 0 Å². The van der Waals surface area contributed by atoms with Crippen molar-refractivity contribution in [3.05, 3.63) is 35.2 Å². The van der Waals surface area contributed by atoms with Crippen LogP contribution in [-0.2, 0) is 0 Å². The molecule has 1 aromatic heterocycles. The summed E-state index contributed by atoms with van der Waals surface area (Å²) in [7, 11) is 0. The highest BCUT2D eigenvalue weighted by atomic mass is 32.1. The number of rotatable bonds is 2. The van der Waals surface area contributed by atoms with Gasteiger partial charge in [-0.1, -0.05) is 32.0 Å². The molecule has 1 atom stereocenters. The summed E-state index contributed by atoms with van der Waals surface area (Å²) < 4.78 is 1.33. The van der Waals surface area contributed by atoms with Gasteiger partial charge in [0.05, 0.1) is 0 Å². The minimum absolute atomic E-state index is 0.158. The Kier molecular flexibility index (Phi) is 2.57. The zero-order valence-electron chi connectivity index (χ0n) is 8.53. The average molecular weight is 205 g/mol. The van der Waals surface area contributed by atoms with Crippen LogP contribution in [0.15, 0.2) is 29.6 Å². The molecule has 1 aromatic carbocycles. The van der Waals surface area contributed by atoms with Crippen LogP contribution in [-0.4, -0.2) is 0 Å². The molecule has 14 heavy (non-hydrogen) atoms. The van der Waals surface area contributed by atoms with Gasteiger partial charge in [-0.15, -0.1) is 11.3 Å². The molecule has 0 aliphatic rings. The summed E-state index contributed by atoms with van der Waals surface area (Å²) in [6.07, 6.45) is 0. The second kappa shape index (κ2) is 3.71. The molecule has 0 saturated heterocycles. The molecule has 74 valence electrons. The lowest BCUT2D eigenvalue weighted by molar-refractivity contribution is 0.518. The lowest BCUT2D eigenvalue weighted by Crippen LogP contribution is -2.15. The SMILES string of the molecule is CC(C)[C@H](N)c1csc2ccccc12. The summed E-state index contributed by atoms with van der Waals surface area (Å²) in [6.45, 7) is 4.33. The van der Waals surface area contributed by atoms with Gasteiger partial charge in [0.15, 0.2) is 0 Å². The summed E-state index contributed by atoms with van der Waals surface area (Å²) in [5.74, 6) is 0.494. The van der Waals surface area contributed by atoms with Gasteiger partial charge >= 0.3 is 0 Å². The van der Waals surface area contributed by atoms with Crippen LogP contribution in [0.4, 0.5) is 0 Å². The van der Waals surface area contributed by atoms with Crippen LogP contribution in [0.5, 0.6) is 0 Å². The molecule has 2 aromatic rings. The van der Waals surface area contributed by atoms with Crippen molar-refractivity contribution >= 4 is 21.4 Å². The maximum absolute atomic E-state index is 6.15. The third-order valence-corrected chi connectivity index (χ3v) is 3.57. The van der Waals surface area contributed by atoms with E-state index >= 15 is 0 Å². The maximum Gasteiger partial charge on any atom is 0.0346 e. The lowest BCUT2D eigenvalue weighted by Gasteiger charge is -2.14. The van der Waals surface area contributed by atoms with Gasteiger partial charge in [-0.05, 0) is 28.3 Å². The molecule has 2 heteroatoms. The Morgan fingerprint density at radius 3 is 2.64 bits per heavy atom. The molecule has 0 amide bonds. The molecule has 2 rings (SSSR count). The fourth-order valence-corrected chi connectivity index (χ4v) is 2.62. The van der Waals surface area contributed by atoms with Crippen LogP contribution in [0.2, 0.25) is 0 Å². The van der Waals surface area contributed by atoms with Gasteiger partial charge in [0.25, 0.3) is 0 Å². The Morgan fingerprint density at radius 2 is 1.93 bits per heavy atom. The van der Waals surface area contributed by atoms with E-state index in [2.05, 4.69) is 43.5 Å². The van der Waals surface area contributed by atoms with E-state index in [9.17, 15) is 0 Å². The molecule has 1 nitrogen and oxygen atoms in total. The Morgan fingerprint density at radius 1 is 1.21 bits per heavy atom. The maximum atomic E-state index is 6.15. The first kappa shape index (κ1) is 9.69. The smallest absolute Gasteiger partial charge is 0.0346 e. The molecule has 2 N–H and O–H groups in total. The highest BCUT2D eigenvalue weighted by Crippen LogP contribution is 2.31. The molecule has 0 radical (unpaired) electrons. The third kappa shape index (κ3) is 1.56. The van der Waals surface area contributed by atoms with Crippen LogP contribution in [0.25, 0.3) is 10.1 Å². The molecule has 0 aliphatic heterocycles. The number of thiophene rings is 1. The van der Waals surface area contributed by atoms with Crippen molar-refractivity contribution in [1.29, 1.82) is 0 Å². The van der Waals surface area contributed by atoms with Gasteiger partial charge in [0, 0.05) is 10.7 Å². The number of hydrogen-bond donors (Lipinski definition) is 1. The third-order valence-electron chi connectivity index (χ3n) is 2.59. The van der Waals surface area contributed by atoms with E-state index in [1.54, 1.807) is 11.3 Å². The van der Waals surface area contributed by atoms with E-state index in [-0.39, 0.29) is 6.04 Å². The normalized spacial score (nSPS) is 13.7. The average Bonchev–Trinajstić information content (AvgIpc) is 2.60. The standard InChI is InChI=1S/C12H15NS/c1-8(2)12(13)10-7-14-11-6-4-3-5-9(10)11/h3-8,12H,13H2,1-2H3/t12-/m0/s1. The molecule has 0 saturated carbocycles. The monoisotopic (exact) mass is 205 g/mol. The van der Waals surface area contributed by atoms with Crippen molar-refractivity contribution in [1.82, 2.24) is 0 Å². The Labute approximate surface area is 88.6 Å². The van der Waals surface area contributed by atoms with E-state index in [1.807, 2.05) is 0 Å². The molecule has 0 bridgehead atoms. The molecule has 1 heterocycles. The predicted molar refractivity (Wildman–Crippen MR) is 63.6 cm³/mol. The fraction of sp³-hybridized carbons (Fsp3) is 0.333. The molecule has 0 fully saturated rings. The molecular weight excluding hydrogens is 190 g/mol. The van der Waals surface area contributed by atoms with Crippen molar-refractivity contribution in [2.45, 2.75) is 19.9 Å². The Balaban J connectivity index is 2.53. The first-order valence-corrected chi connectivity index (χ1v) is 5.80. The summed E-state index contributed by atoms with van der Waals surface area (Å²) >= 11 is 1.78. The molecule has 0 unspecified atom stereocenters. The van der Waals surface area contributed by atoms with E-state index in [0.29, 0.717) is 5.92 Å². The number of fused-ring (bicyclic) bond motifs is 1. The zero-order valence-corrected chi connectivity index (χ0v) is 9.34. The minimum atomic E-state index is 0.158. The zero-order chi connectivity index (χ0) is 10.1. The molecule has 0 spiro atoms. The summed E-state index contributed by atoms with van der Waals surface area (Å²) in [4.78, 5) is 0. The van der Waals surface area contributed by atoms with Crippen molar-refractivity contribution in [2.24, 2.45) is 11.7 Å². The summed E-state index contributed by atoms with van der Waals surface area (Å²) in [5, 5.41) is 3.51. The van der Waals surface area contributed by atoms with Gasteiger partial charge in [-0.2, -0.15) is 0 Å². The van der Waals surface area contributed by atoms with Gasteiger partial charge < -0.3 is 5.73 Å². The fourth-order valence-electron chi connectivity index (χ4n) is 1.62. The van der Waals surface area contributed by atoms with Crippen molar-refractivity contribution in [2.75, 3.05) is 0 Å². The molecule has 0 aliphatic carbocycles. The minimum Gasteiger partial charge on any atom is -0.324 e. The van der Waals surface area contributed by atoms with Gasteiger partial charge in [-0.25, -0.2) is 0 Å². The van der Waals surface area contributed by atoms with E-state index in [1.165, 1.54) is 15.6 Å².